The maximum atomic E-state index is 5.95. The van der Waals surface area contributed by atoms with Crippen LogP contribution in [-0.4, -0.2) is 6.54 Å². The summed E-state index contributed by atoms with van der Waals surface area (Å²) in [6.07, 6.45) is 0. The van der Waals surface area contributed by atoms with Crippen LogP contribution in [0.3, 0.4) is 0 Å². The van der Waals surface area contributed by atoms with Crippen molar-refractivity contribution in [2.24, 2.45) is 5.92 Å². The molecule has 0 aliphatic carbocycles. The van der Waals surface area contributed by atoms with Gasteiger partial charge in [-0.15, -0.1) is 11.3 Å². The Bertz CT molecular complexity index is 574. The standard InChI is InChI=1S/C18H25NOS/c1-13(2)10-19-11-16-7-8-17(21-16)12-20-18-9-14(3)5-6-15(18)4/h5-9,13,19H,10-12H2,1-4H3. The van der Waals surface area contributed by atoms with Gasteiger partial charge in [0.05, 0.1) is 0 Å². The zero-order valence-corrected chi connectivity index (χ0v) is 14.2. The number of nitrogens with one attached hydrogen (secondary N) is 1. The van der Waals surface area contributed by atoms with Crippen molar-refractivity contribution >= 4 is 11.3 Å². The lowest BCUT2D eigenvalue weighted by Crippen LogP contribution is -2.18. The third kappa shape index (κ3) is 5.18. The zero-order chi connectivity index (χ0) is 15.2. The van der Waals surface area contributed by atoms with Crippen LogP contribution in [0.25, 0.3) is 0 Å². The van der Waals surface area contributed by atoms with E-state index in [9.17, 15) is 0 Å². The lowest BCUT2D eigenvalue weighted by atomic mass is 10.1. The van der Waals surface area contributed by atoms with E-state index in [4.69, 9.17) is 4.74 Å². The smallest absolute Gasteiger partial charge is 0.123 e. The predicted octanol–water partition coefficient (Wildman–Crippen LogP) is 4.69. The Balaban J connectivity index is 1.86. The maximum Gasteiger partial charge on any atom is 0.123 e. The Labute approximate surface area is 132 Å². The predicted molar refractivity (Wildman–Crippen MR) is 91.1 cm³/mol. The molecule has 0 spiro atoms. The highest BCUT2D eigenvalue weighted by Gasteiger charge is 2.04. The molecule has 1 N–H and O–H groups in total. The number of aryl methyl sites for hydroxylation is 2. The molecule has 0 radical (unpaired) electrons. The summed E-state index contributed by atoms with van der Waals surface area (Å²) in [6, 6.07) is 10.7. The van der Waals surface area contributed by atoms with E-state index in [-0.39, 0.29) is 0 Å². The first-order chi connectivity index (χ1) is 10.0. The first-order valence-corrected chi connectivity index (χ1v) is 8.34. The van der Waals surface area contributed by atoms with Crippen molar-refractivity contribution in [3.8, 4) is 5.75 Å². The molecule has 0 bridgehead atoms. The van der Waals surface area contributed by atoms with Crippen LogP contribution in [-0.2, 0) is 13.2 Å². The van der Waals surface area contributed by atoms with E-state index >= 15 is 0 Å². The van der Waals surface area contributed by atoms with Gasteiger partial charge >= 0.3 is 0 Å². The van der Waals surface area contributed by atoms with Crippen molar-refractivity contribution in [1.82, 2.24) is 5.32 Å². The largest absolute Gasteiger partial charge is 0.488 e. The maximum absolute atomic E-state index is 5.95. The van der Waals surface area contributed by atoms with Gasteiger partial charge in [-0.1, -0.05) is 26.0 Å². The molecule has 0 unspecified atom stereocenters. The number of hydrogen-bond donors (Lipinski definition) is 1. The molecule has 3 heteroatoms. The molecule has 1 aromatic carbocycles. The Morgan fingerprint density at radius 3 is 2.62 bits per heavy atom. The molecule has 0 amide bonds. The number of ether oxygens (including phenoxy) is 1. The minimum absolute atomic E-state index is 0.652. The van der Waals surface area contributed by atoms with Crippen molar-refractivity contribution in [1.29, 1.82) is 0 Å². The van der Waals surface area contributed by atoms with Gasteiger partial charge in [0.15, 0.2) is 0 Å². The highest BCUT2D eigenvalue weighted by atomic mass is 32.1. The van der Waals surface area contributed by atoms with Gasteiger partial charge in [0, 0.05) is 16.3 Å². The van der Waals surface area contributed by atoms with Gasteiger partial charge < -0.3 is 10.1 Å². The zero-order valence-electron chi connectivity index (χ0n) is 13.4. The second-order valence-corrected chi connectivity index (χ2v) is 7.20. The summed E-state index contributed by atoms with van der Waals surface area (Å²) in [7, 11) is 0. The van der Waals surface area contributed by atoms with Gasteiger partial charge in [-0.3, -0.25) is 0 Å². The summed E-state index contributed by atoms with van der Waals surface area (Å²) in [5.74, 6) is 1.68. The Morgan fingerprint density at radius 2 is 1.86 bits per heavy atom. The molecule has 1 heterocycles. The molecule has 2 rings (SSSR count). The van der Waals surface area contributed by atoms with Crippen LogP contribution in [0.1, 0.15) is 34.7 Å². The third-order valence-electron chi connectivity index (χ3n) is 3.28. The molecular weight excluding hydrogens is 278 g/mol. The Morgan fingerprint density at radius 1 is 1.10 bits per heavy atom. The molecule has 0 fully saturated rings. The normalized spacial score (nSPS) is 11.1. The third-order valence-corrected chi connectivity index (χ3v) is 4.34. The molecular formula is C18H25NOS. The van der Waals surface area contributed by atoms with Gasteiger partial charge in [0.1, 0.15) is 12.4 Å². The fourth-order valence-corrected chi connectivity index (χ4v) is 2.99. The topological polar surface area (TPSA) is 21.3 Å². The highest BCUT2D eigenvalue weighted by Crippen LogP contribution is 2.23. The average molecular weight is 303 g/mol. The highest BCUT2D eigenvalue weighted by molar-refractivity contribution is 7.11. The number of rotatable bonds is 7. The molecule has 114 valence electrons. The first kappa shape index (κ1) is 16.1. The molecule has 0 atom stereocenters. The minimum Gasteiger partial charge on any atom is -0.488 e. The molecule has 21 heavy (non-hydrogen) atoms. The summed E-state index contributed by atoms with van der Waals surface area (Å²) < 4.78 is 5.95. The van der Waals surface area contributed by atoms with Crippen molar-refractivity contribution in [2.45, 2.75) is 40.8 Å². The molecule has 0 saturated carbocycles. The second-order valence-electron chi connectivity index (χ2n) is 5.95. The minimum atomic E-state index is 0.652. The first-order valence-electron chi connectivity index (χ1n) is 7.53. The van der Waals surface area contributed by atoms with E-state index in [1.807, 2.05) is 11.3 Å². The molecule has 0 aliphatic heterocycles. The monoisotopic (exact) mass is 303 g/mol. The summed E-state index contributed by atoms with van der Waals surface area (Å²) in [6.45, 7) is 11.3. The van der Waals surface area contributed by atoms with Crippen molar-refractivity contribution < 1.29 is 4.74 Å². The van der Waals surface area contributed by atoms with Gasteiger partial charge in [0.2, 0.25) is 0 Å². The summed E-state index contributed by atoms with van der Waals surface area (Å²) in [4.78, 5) is 2.65. The Hall–Kier alpha value is -1.32. The van der Waals surface area contributed by atoms with Crippen molar-refractivity contribution in [3.63, 3.8) is 0 Å². The van der Waals surface area contributed by atoms with Gasteiger partial charge in [-0.05, 0) is 55.6 Å². The van der Waals surface area contributed by atoms with Crippen molar-refractivity contribution in [2.75, 3.05) is 6.54 Å². The fraction of sp³-hybridized carbons (Fsp3) is 0.444. The van der Waals surface area contributed by atoms with Gasteiger partial charge in [-0.25, -0.2) is 0 Å². The van der Waals surface area contributed by atoms with E-state index in [1.54, 1.807) is 0 Å². The lowest BCUT2D eigenvalue weighted by molar-refractivity contribution is 0.307. The summed E-state index contributed by atoms with van der Waals surface area (Å²) in [5.41, 5.74) is 2.43. The quantitative estimate of drug-likeness (QED) is 0.801. The van der Waals surface area contributed by atoms with Crippen LogP contribution in [0.15, 0.2) is 30.3 Å². The molecule has 1 aromatic heterocycles. The molecule has 0 saturated heterocycles. The van der Waals surface area contributed by atoms with Crippen molar-refractivity contribution in [3.05, 3.63) is 51.2 Å². The average Bonchev–Trinajstić information content (AvgIpc) is 2.87. The van der Waals surface area contributed by atoms with Crippen LogP contribution in [0, 0.1) is 19.8 Å². The van der Waals surface area contributed by atoms with Crippen LogP contribution >= 0.6 is 11.3 Å². The van der Waals surface area contributed by atoms with Gasteiger partial charge in [0.25, 0.3) is 0 Å². The number of benzene rings is 1. The number of thiophene rings is 1. The van der Waals surface area contributed by atoms with Crippen LogP contribution in [0.4, 0.5) is 0 Å². The molecule has 2 nitrogen and oxygen atoms in total. The molecule has 2 aromatic rings. The van der Waals surface area contributed by atoms with Crippen LogP contribution in [0.2, 0.25) is 0 Å². The summed E-state index contributed by atoms with van der Waals surface area (Å²) >= 11 is 1.83. The van der Waals surface area contributed by atoms with E-state index in [0.29, 0.717) is 12.5 Å². The second kappa shape index (κ2) is 7.62. The SMILES string of the molecule is Cc1ccc(C)c(OCc2ccc(CNCC(C)C)s2)c1. The fourth-order valence-electron chi connectivity index (χ4n) is 2.09. The van der Waals surface area contributed by atoms with Crippen LogP contribution in [0.5, 0.6) is 5.75 Å². The lowest BCUT2D eigenvalue weighted by Gasteiger charge is -2.09. The van der Waals surface area contributed by atoms with E-state index < -0.39 is 0 Å². The van der Waals surface area contributed by atoms with E-state index in [2.05, 4.69) is 63.3 Å². The van der Waals surface area contributed by atoms with Gasteiger partial charge in [-0.2, -0.15) is 0 Å². The van der Waals surface area contributed by atoms with E-state index in [0.717, 1.165) is 18.8 Å². The summed E-state index contributed by atoms with van der Waals surface area (Å²) in [5, 5.41) is 3.47. The number of hydrogen-bond acceptors (Lipinski definition) is 3. The molecule has 0 aliphatic rings. The Kier molecular flexibility index (Phi) is 5.83. The van der Waals surface area contributed by atoms with E-state index in [1.165, 1.54) is 20.9 Å². The van der Waals surface area contributed by atoms with Crippen LogP contribution < -0.4 is 10.1 Å².